The number of hydrogen-bond acceptors (Lipinski definition) is 12. The summed E-state index contributed by atoms with van der Waals surface area (Å²) in [5, 5.41) is 4.31. The highest BCUT2D eigenvalue weighted by molar-refractivity contribution is 7.29. The van der Waals surface area contributed by atoms with Crippen molar-refractivity contribution < 1.29 is 37.9 Å². The summed E-state index contributed by atoms with van der Waals surface area (Å²) in [6.45, 7) is 11.4. The van der Waals surface area contributed by atoms with Gasteiger partial charge in [0.05, 0.1) is 29.8 Å². The van der Waals surface area contributed by atoms with Crippen molar-refractivity contribution >= 4 is 45.3 Å². The smallest absolute Gasteiger partial charge is 0.396 e. The average molecular weight is 1350 g/mol. The molecule has 0 amide bonds. The van der Waals surface area contributed by atoms with Gasteiger partial charge >= 0.3 is 5.75 Å². The molecule has 1 radical (unpaired) electrons. The van der Waals surface area contributed by atoms with Crippen molar-refractivity contribution in [3.63, 3.8) is 0 Å². The van der Waals surface area contributed by atoms with Crippen LogP contribution in [-0.2, 0) is 0 Å². The van der Waals surface area contributed by atoms with E-state index in [1.54, 1.807) is 45.3 Å². The molecular formula is C80H130O8S4+. The number of thiophene rings is 4. The third-order valence-corrected chi connectivity index (χ3v) is 24.7. The van der Waals surface area contributed by atoms with E-state index < -0.39 is 0 Å². The summed E-state index contributed by atoms with van der Waals surface area (Å²) in [6.07, 6.45) is 68.5. The second-order valence-corrected chi connectivity index (χ2v) is 32.1. The van der Waals surface area contributed by atoms with Crippen molar-refractivity contribution in [1.82, 2.24) is 0 Å². The van der Waals surface area contributed by atoms with E-state index in [4.69, 9.17) is 37.9 Å². The molecule has 4 aromatic rings. The molecule has 0 saturated heterocycles. The monoisotopic (exact) mass is 1350 g/mol. The van der Waals surface area contributed by atoms with E-state index in [-0.39, 0.29) is 24.4 Å². The first-order chi connectivity index (χ1) is 45.6. The Morgan fingerprint density at radius 3 is 0.935 bits per heavy atom. The summed E-state index contributed by atoms with van der Waals surface area (Å²) in [5.74, 6) is 6.72. The highest BCUT2D eigenvalue weighted by Crippen LogP contribution is 2.65. The van der Waals surface area contributed by atoms with E-state index in [2.05, 4.69) is 38.5 Å². The Balaban J connectivity index is 0.958. The lowest BCUT2D eigenvalue weighted by atomic mass is 10.0. The molecule has 0 N–H and O–H groups in total. The standard InChI is InChI=1S/C80H130O8S4/c1-5-9-13-17-21-25-29-33-37-41-45-49-53-63-58-82-69-68(85-63)62-90-75(69)79-73-72(84-60-65(87-73)55-51-47-43-39-35-31-27-23-19-15-11-7-3)78(92-79)80-74-71(83-59-66(88-74)56-52-48-44-40-36-32-28-24-20-16-12-8-4)77(91-80)76-70-67(61-89-76)81-57-64(86-70)54-50-46-42-38-34-30-26-22-18-14-10-6-2/h61-66H,5-60H2,1-4H3/q+1. The Morgan fingerprint density at radius 2 is 0.554 bits per heavy atom. The van der Waals surface area contributed by atoms with Gasteiger partial charge in [0, 0.05) is 5.38 Å². The van der Waals surface area contributed by atoms with Gasteiger partial charge in [-0.1, -0.05) is 310 Å². The highest BCUT2D eigenvalue weighted by Gasteiger charge is 2.42. The fraction of sp³-hybridized carbons (Fsp3) is 0.800. The van der Waals surface area contributed by atoms with E-state index in [0.717, 1.165) is 120 Å². The zero-order valence-electron chi connectivity index (χ0n) is 59.0. The van der Waals surface area contributed by atoms with Gasteiger partial charge in [-0.25, -0.2) is 4.74 Å². The number of fused-ring (bicyclic) bond motifs is 4. The highest BCUT2D eigenvalue weighted by atomic mass is 32.1. The van der Waals surface area contributed by atoms with Crippen LogP contribution < -0.4 is 37.9 Å². The van der Waals surface area contributed by atoms with E-state index in [1.165, 1.54) is 289 Å². The Labute approximate surface area is 577 Å². The molecule has 0 fully saturated rings. The van der Waals surface area contributed by atoms with Crippen molar-refractivity contribution in [3.8, 4) is 75.3 Å². The maximum atomic E-state index is 7.30. The first kappa shape index (κ1) is 75.0. The van der Waals surface area contributed by atoms with Crippen LogP contribution in [0.5, 0.6) is 46.0 Å². The molecule has 8 nitrogen and oxygen atoms in total. The van der Waals surface area contributed by atoms with E-state index in [9.17, 15) is 0 Å². The number of unbranched alkanes of at least 4 members (excludes halogenated alkanes) is 44. The van der Waals surface area contributed by atoms with Gasteiger partial charge in [-0.2, -0.15) is 0 Å². The zero-order chi connectivity index (χ0) is 63.9. The molecule has 4 atom stereocenters. The molecule has 8 rings (SSSR count). The maximum Gasteiger partial charge on any atom is 0.396 e. The molecule has 4 aliphatic heterocycles. The van der Waals surface area contributed by atoms with Crippen LogP contribution in [0.4, 0.5) is 0 Å². The molecule has 8 heterocycles. The van der Waals surface area contributed by atoms with E-state index in [0.29, 0.717) is 26.4 Å². The molecule has 0 aliphatic carbocycles. The van der Waals surface area contributed by atoms with Gasteiger partial charge in [-0.15, -0.1) is 45.3 Å². The minimum Gasteiger partial charge on any atom is -0.484 e. The topological polar surface area (TPSA) is 75.9 Å². The SMILES string of the molecule is CCCCCCCCCCCCCCC1COc2c(csc2-c2sc(-c3sc(-c4scc5c4OC(CCCCCCCCCCCCCC)C[O+]5)c4c3OC(CCCCCCCCCCCCCC)CO4)c3c2OC(CCCCCCCCCCCCCC)CO3)O1. The van der Waals surface area contributed by atoms with Crippen molar-refractivity contribution in [1.29, 1.82) is 0 Å². The summed E-state index contributed by atoms with van der Waals surface area (Å²) in [4.78, 5) is 6.32. The third-order valence-electron chi connectivity index (χ3n) is 20.0. The molecule has 521 valence electrons. The molecule has 0 saturated carbocycles. The minimum absolute atomic E-state index is 0.0235. The van der Waals surface area contributed by atoms with Gasteiger partial charge in [0.1, 0.15) is 43.0 Å². The normalized spacial score (nSPS) is 17.3. The molecule has 4 aliphatic rings. The molecule has 92 heavy (non-hydrogen) atoms. The summed E-state index contributed by atoms with van der Waals surface area (Å²) in [6, 6.07) is 0. The lowest BCUT2D eigenvalue weighted by Gasteiger charge is -2.27. The molecule has 0 spiro atoms. The Hall–Kier alpha value is -2.80. The fourth-order valence-corrected chi connectivity index (χ4v) is 18.8. The van der Waals surface area contributed by atoms with Crippen LogP contribution in [0.2, 0.25) is 0 Å². The second kappa shape index (κ2) is 45.7. The Kier molecular flexibility index (Phi) is 37.2. The van der Waals surface area contributed by atoms with Gasteiger partial charge in [-0.3, -0.25) is 0 Å². The molecule has 4 unspecified atom stereocenters. The Morgan fingerprint density at radius 1 is 0.283 bits per heavy atom. The maximum absolute atomic E-state index is 7.30. The fourth-order valence-electron chi connectivity index (χ4n) is 14.2. The van der Waals surface area contributed by atoms with Crippen LogP contribution in [-0.4, -0.2) is 50.8 Å². The van der Waals surface area contributed by atoms with Crippen LogP contribution in [0.3, 0.4) is 0 Å². The van der Waals surface area contributed by atoms with Crippen molar-refractivity contribution in [2.24, 2.45) is 0 Å². The average Bonchev–Trinajstić information content (AvgIpc) is 1.58. The summed E-state index contributed by atoms with van der Waals surface area (Å²) in [5.41, 5.74) is 0. The lowest BCUT2D eigenvalue weighted by Crippen LogP contribution is -2.29. The molecule has 0 aromatic carbocycles. The summed E-state index contributed by atoms with van der Waals surface area (Å²) >= 11 is 6.93. The second-order valence-electron chi connectivity index (χ2n) is 28.3. The molecule has 12 heteroatoms. The first-order valence-corrected chi connectivity index (χ1v) is 42.7. The quantitative estimate of drug-likeness (QED) is 0.0320. The van der Waals surface area contributed by atoms with Crippen molar-refractivity contribution in [2.75, 3.05) is 26.4 Å². The largest absolute Gasteiger partial charge is 0.484 e. The van der Waals surface area contributed by atoms with Crippen LogP contribution in [0.15, 0.2) is 10.8 Å². The number of rotatable bonds is 55. The van der Waals surface area contributed by atoms with Gasteiger partial charge in [-0.05, 0) is 51.4 Å². The van der Waals surface area contributed by atoms with Crippen LogP contribution >= 0.6 is 45.3 Å². The molecular weight excluding hydrogens is 1220 g/mol. The van der Waals surface area contributed by atoms with Gasteiger partial charge in [0.25, 0.3) is 6.61 Å². The predicted octanol–water partition coefficient (Wildman–Crippen LogP) is 27.9. The van der Waals surface area contributed by atoms with Gasteiger partial charge < -0.3 is 33.2 Å². The van der Waals surface area contributed by atoms with Crippen molar-refractivity contribution in [3.05, 3.63) is 10.8 Å². The van der Waals surface area contributed by atoms with Crippen LogP contribution in [0.25, 0.3) is 29.3 Å². The van der Waals surface area contributed by atoms with Gasteiger partial charge in [0.15, 0.2) is 40.6 Å². The molecule has 0 bridgehead atoms. The molecule has 4 aromatic heterocycles. The predicted molar refractivity (Wildman–Crippen MR) is 397 cm³/mol. The Bertz CT molecular complexity index is 2520. The summed E-state index contributed by atoms with van der Waals surface area (Å²) < 4.78 is 55.8. The zero-order valence-corrected chi connectivity index (χ0v) is 62.2. The van der Waals surface area contributed by atoms with E-state index >= 15 is 0 Å². The first-order valence-electron chi connectivity index (χ1n) is 39.3. The van der Waals surface area contributed by atoms with Crippen molar-refractivity contribution in [2.45, 2.75) is 386 Å². The lowest BCUT2D eigenvalue weighted by molar-refractivity contribution is 0.0824. The number of hydrogen-bond donors (Lipinski definition) is 0. The van der Waals surface area contributed by atoms with Crippen LogP contribution in [0, 0.1) is 0 Å². The van der Waals surface area contributed by atoms with Gasteiger partial charge in [0.2, 0.25) is 5.75 Å². The number of ether oxygens (including phenoxy) is 8. The van der Waals surface area contributed by atoms with E-state index in [1.807, 2.05) is 0 Å². The minimum atomic E-state index is -0.0337. The summed E-state index contributed by atoms with van der Waals surface area (Å²) in [7, 11) is 0. The third kappa shape index (κ3) is 25.6. The van der Waals surface area contributed by atoms with Crippen LogP contribution in [0.1, 0.15) is 362 Å².